The molecule has 0 aliphatic rings. The maximum absolute atomic E-state index is 12.5. The number of thioether (sulfide) groups is 1. The topological polar surface area (TPSA) is 67.2 Å². The highest BCUT2D eigenvalue weighted by atomic mass is 32.2. The number of amides is 1. The van der Waals surface area contributed by atoms with Crippen molar-refractivity contribution in [3.63, 3.8) is 0 Å². The summed E-state index contributed by atoms with van der Waals surface area (Å²) in [5, 5.41) is 3.43. The summed E-state index contributed by atoms with van der Waals surface area (Å²) < 4.78 is 1.58. The summed E-state index contributed by atoms with van der Waals surface area (Å²) >= 11 is 1.19. The summed E-state index contributed by atoms with van der Waals surface area (Å²) in [6.07, 6.45) is 0.839. The van der Waals surface area contributed by atoms with E-state index in [2.05, 4.69) is 41.3 Å². The lowest BCUT2D eigenvalue weighted by atomic mass is 10.2. The first-order valence-electron chi connectivity index (χ1n) is 10.1. The monoisotopic (exact) mass is 424 g/mol. The quantitative estimate of drug-likeness (QED) is 0.535. The summed E-state index contributed by atoms with van der Waals surface area (Å²) in [4.78, 5) is 31.7. The number of aromatic nitrogens is 2. The summed E-state index contributed by atoms with van der Waals surface area (Å²) in [7, 11) is 3.78. The largest absolute Gasteiger partial charge is 0.351 e. The van der Waals surface area contributed by atoms with Crippen molar-refractivity contribution >= 4 is 28.7 Å². The van der Waals surface area contributed by atoms with E-state index in [0.717, 1.165) is 30.5 Å². The molecule has 1 N–H and O–H groups in total. The van der Waals surface area contributed by atoms with Crippen LogP contribution in [0.3, 0.4) is 0 Å². The lowest BCUT2D eigenvalue weighted by molar-refractivity contribution is -0.119. The number of para-hydroxylation sites is 2. The zero-order valence-corrected chi connectivity index (χ0v) is 18.5. The van der Waals surface area contributed by atoms with Gasteiger partial charge in [0.1, 0.15) is 0 Å². The lowest BCUT2D eigenvalue weighted by Gasteiger charge is -2.24. The number of carbonyl (C=O) groups is 1. The molecule has 7 heteroatoms. The van der Waals surface area contributed by atoms with Gasteiger partial charge in [-0.3, -0.25) is 9.59 Å². The molecule has 2 aromatic carbocycles. The van der Waals surface area contributed by atoms with Gasteiger partial charge in [-0.15, -0.1) is 0 Å². The molecular weight excluding hydrogens is 396 g/mol. The Kier molecular flexibility index (Phi) is 7.65. The molecule has 0 saturated heterocycles. The molecule has 1 unspecified atom stereocenters. The zero-order chi connectivity index (χ0) is 21.5. The summed E-state index contributed by atoms with van der Waals surface area (Å²) in [5.41, 5.74) is 2.59. The average molecular weight is 425 g/mol. The first-order chi connectivity index (χ1) is 14.5. The Labute approximate surface area is 181 Å². The van der Waals surface area contributed by atoms with E-state index in [1.54, 1.807) is 11.6 Å². The Morgan fingerprint density at radius 3 is 2.60 bits per heavy atom. The molecule has 1 atom stereocenters. The van der Waals surface area contributed by atoms with Gasteiger partial charge in [0.15, 0.2) is 5.03 Å². The molecule has 1 aromatic heterocycles. The van der Waals surface area contributed by atoms with Gasteiger partial charge in [-0.25, -0.2) is 4.98 Å². The van der Waals surface area contributed by atoms with Crippen molar-refractivity contribution in [2.24, 2.45) is 7.05 Å². The predicted octanol–water partition coefficient (Wildman–Crippen LogP) is 3.05. The van der Waals surface area contributed by atoms with Gasteiger partial charge in [-0.05, 0) is 31.2 Å². The molecule has 0 bridgehead atoms. The third-order valence-electron chi connectivity index (χ3n) is 4.98. The number of hydrogen-bond donors (Lipinski definition) is 1. The van der Waals surface area contributed by atoms with Crippen LogP contribution in [0.1, 0.15) is 18.9 Å². The molecular formula is C23H28N4O2S. The third-order valence-corrected chi connectivity index (χ3v) is 5.92. The van der Waals surface area contributed by atoms with Crippen LogP contribution in [0.2, 0.25) is 0 Å². The zero-order valence-electron chi connectivity index (χ0n) is 17.7. The molecule has 0 fully saturated rings. The normalized spacial score (nSPS) is 12.3. The molecule has 30 heavy (non-hydrogen) atoms. The fourth-order valence-electron chi connectivity index (χ4n) is 3.36. The highest BCUT2D eigenvalue weighted by Crippen LogP contribution is 2.16. The second-order valence-electron chi connectivity index (χ2n) is 7.41. The molecule has 0 radical (unpaired) electrons. The minimum atomic E-state index is -0.180. The number of nitrogens with zero attached hydrogens (tertiary/aromatic N) is 3. The van der Waals surface area contributed by atoms with Gasteiger partial charge in [-0.2, -0.15) is 0 Å². The van der Waals surface area contributed by atoms with Crippen molar-refractivity contribution < 1.29 is 4.79 Å². The van der Waals surface area contributed by atoms with Crippen LogP contribution in [0.25, 0.3) is 11.0 Å². The summed E-state index contributed by atoms with van der Waals surface area (Å²) in [6, 6.07) is 17.8. The number of likely N-dealkylation sites (N-methyl/N-ethyl adjacent to an activating group) is 1. The fraction of sp³-hybridized carbons (Fsp3) is 0.348. The van der Waals surface area contributed by atoms with Crippen LogP contribution < -0.4 is 10.9 Å². The molecule has 3 rings (SSSR count). The van der Waals surface area contributed by atoms with Crippen molar-refractivity contribution in [2.45, 2.75) is 31.0 Å². The molecule has 6 nitrogen and oxygen atoms in total. The minimum Gasteiger partial charge on any atom is -0.351 e. The number of benzene rings is 2. The minimum absolute atomic E-state index is 0.0548. The molecule has 0 spiro atoms. The molecule has 1 heterocycles. The third kappa shape index (κ3) is 5.70. The second kappa shape index (κ2) is 10.4. The first-order valence-corrected chi connectivity index (χ1v) is 11.1. The molecule has 3 aromatic rings. The fourth-order valence-corrected chi connectivity index (χ4v) is 4.14. The SMILES string of the molecule is CCC(CN(C)Cc1ccccc1)NC(=O)CSc1nc2ccccc2n(C)c1=O. The van der Waals surface area contributed by atoms with Gasteiger partial charge in [-0.1, -0.05) is 61.2 Å². The van der Waals surface area contributed by atoms with Crippen LogP contribution in [0.5, 0.6) is 0 Å². The van der Waals surface area contributed by atoms with Crippen molar-refractivity contribution in [1.29, 1.82) is 0 Å². The Hall–Kier alpha value is -2.64. The van der Waals surface area contributed by atoms with Gasteiger partial charge < -0.3 is 14.8 Å². The Bertz CT molecular complexity index is 1050. The maximum Gasteiger partial charge on any atom is 0.283 e. The van der Waals surface area contributed by atoms with Gasteiger partial charge in [0, 0.05) is 26.2 Å². The molecule has 1 amide bonds. The highest BCUT2D eigenvalue weighted by Gasteiger charge is 2.15. The van der Waals surface area contributed by atoms with Crippen molar-refractivity contribution in [3.05, 3.63) is 70.5 Å². The second-order valence-corrected chi connectivity index (χ2v) is 8.38. The number of carbonyl (C=O) groups excluding carboxylic acids is 1. The van der Waals surface area contributed by atoms with Gasteiger partial charge in [0.05, 0.1) is 16.8 Å². The standard InChI is InChI=1S/C23H28N4O2S/c1-4-18(15-26(2)14-17-10-6-5-7-11-17)24-21(28)16-30-22-23(29)27(3)20-13-9-8-12-19(20)25-22/h5-13,18H,4,14-16H2,1-3H3,(H,24,28). The van der Waals surface area contributed by atoms with Crippen LogP contribution in [0, 0.1) is 0 Å². The van der Waals surface area contributed by atoms with E-state index in [1.165, 1.54) is 17.3 Å². The van der Waals surface area contributed by atoms with E-state index < -0.39 is 0 Å². The van der Waals surface area contributed by atoms with Crippen LogP contribution in [-0.2, 0) is 18.4 Å². The number of rotatable bonds is 9. The summed E-state index contributed by atoms with van der Waals surface area (Å²) in [5.74, 6) is 0.0800. The van der Waals surface area contributed by atoms with Gasteiger partial charge >= 0.3 is 0 Å². The van der Waals surface area contributed by atoms with E-state index in [1.807, 2.05) is 42.5 Å². The predicted molar refractivity (Wildman–Crippen MR) is 123 cm³/mol. The van der Waals surface area contributed by atoms with E-state index in [4.69, 9.17) is 0 Å². The van der Waals surface area contributed by atoms with Crippen LogP contribution in [0.4, 0.5) is 0 Å². The molecule has 0 aliphatic carbocycles. The number of aryl methyl sites for hydroxylation is 1. The van der Waals surface area contributed by atoms with Crippen molar-refractivity contribution in [2.75, 3.05) is 19.3 Å². The lowest BCUT2D eigenvalue weighted by Crippen LogP contribution is -2.42. The smallest absolute Gasteiger partial charge is 0.283 e. The first kappa shape index (κ1) is 22.1. The van der Waals surface area contributed by atoms with E-state index in [9.17, 15) is 9.59 Å². The average Bonchev–Trinajstić information content (AvgIpc) is 2.75. The molecule has 0 aliphatic heterocycles. The van der Waals surface area contributed by atoms with Crippen LogP contribution >= 0.6 is 11.8 Å². The van der Waals surface area contributed by atoms with E-state index in [-0.39, 0.29) is 23.3 Å². The van der Waals surface area contributed by atoms with Crippen LogP contribution in [-0.4, -0.2) is 45.7 Å². The number of fused-ring (bicyclic) bond motifs is 1. The van der Waals surface area contributed by atoms with E-state index >= 15 is 0 Å². The van der Waals surface area contributed by atoms with Crippen molar-refractivity contribution in [3.8, 4) is 0 Å². The molecule has 158 valence electrons. The highest BCUT2D eigenvalue weighted by molar-refractivity contribution is 7.99. The van der Waals surface area contributed by atoms with Crippen LogP contribution in [0.15, 0.2) is 64.4 Å². The number of hydrogen-bond acceptors (Lipinski definition) is 5. The molecule has 0 saturated carbocycles. The Morgan fingerprint density at radius 1 is 1.17 bits per heavy atom. The Morgan fingerprint density at radius 2 is 1.87 bits per heavy atom. The van der Waals surface area contributed by atoms with Gasteiger partial charge in [0.25, 0.3) is 5.56 Å². The summed E-state index contributed by atoms with van der Waals surface area (Å²) in [6.45, 7) is 3.66. The van der Waals surface area contributed by atoms with Gasteiger partial charge in [0.2, 0.25) is 5.91 Å². The van der Waals surface area contributed by atoms with Crippen molar-refractivity contribution in [1.82, 2.24) is 19.8 Å². The van der Waals surface area contributed by atoms with E-state index in [0.29, 0.717) is 5.03 Å². The Balaban J connectivity index is 1.56. The number of nitrogens with one attached hydrogen (secondary N) is 1. The maximum atomic E-state index is 12.5.